The minimum absolute atomic E-state index is 0.0687. The lowest BCUT2D eigenvalue weighted by Crippen LogP contribution is -2.00. The predicted octanol–water partition coefficient (Wildman–Crippen LogP) is 6.20. The Balaban J connectivity index is 1.62. The second-order valence-corrected chi connectivity index (χ2v) is 8.40. The van der Waals surface area contributed by atoms with Crippen LogP contribution in [-0.4, -0.2) is 26.9 Å². The number of phenols is 1. The van der Waals surface area contributed by atoms with Crippen LogP contribution in [0.5, 0.6) is 5.75 Å². The Hall–Kier alpha value is -4.16. The number of carbonyl (C=O) groups excluding carboxylic acids is 1. The van der Waals surface area contributed by atoms with Crippen molar-refractivity contribution in [2.75, 3.05) is 0 Å². The number of H-pyrrole nitrogens is 1. The van der Waals surface area contributed by atoms with Crippen molar-refractivity contribution in [2.45, 2.75) is 0 Å². The first-order valence-corrected chi connectivity index (χ1v) is 10.7. The van der Waals surface area contributed by atoms with Crippen molar-refractivity contribution in [1.82, 2.24) is 4.98 Å². The van der Waals surface area contributed by atoms with Gasteiger partial charge in [0.05, 0.1) is 4.88 Å². The summed E-state index contributed by atoms with van der Waals surface area (Å²) < 4.78 is 0.832. The smallest absolute Gasteiger partial charge is 0.352 e. The number of carboxylic acid groups (broad SMARTS) is 1. The van der Waals surface area contributed by atoms with E-state index in [1.54, 1.807) is 30.3 Å². The molecule has 0 amide bonds. The highest BCUT2D eigenvalue weighted by atomic mass is 32.1. The molecule has 0 unspecified atom stereocenters. The van der Waals surface area contributed by atoms with E-state index in [1.807, 2.05) is 48.5 Å². The van der Waals surface area contributed by atoms with Crippen LogP contribution < -0.4 is 0 Å². The highest BCUT2D eigenvalue weighted by molar-refractivity contribution is 7.21. The van der Waals surface area contributed by atoms with Crippen LogP contribution >= 0.6 is 11.3 Å². The highest BCUT2D eigenvalue weighted by Crippen LogP contribution is 2.41. The summed E-state index contributed by atoms with van der Waals surface area (Å²) in [7, 11) is 0. The van der Waals surface area contributed by atoms with Crippen LogP contribution in [0.3, 0.4) is 0 Å². The van der Waals surface area contributed by atoms with Crippen LogP contribution in [0.25, 0.3) is 32.5 Å². The van der Waals surface area contributed by atoms with Gasteiger partial charge < -0.3 is 15.2 Å². The number of hydrogen-bond acceptors (Lipinski definition) is 4. The first-order valence-electron chi connectivity index (χ1n) is 9.89. The van der Waals surface area contributed by atoms with Gasteiger partial charge in [-0.15, -0.1) is 11.3 Å². The third kappa shape index (κ3) is 3.46. The molecular formula is C26H17NO4S. The predicted molar refractivity (Wildman–Crippen MR) is 126 cm³/mol. The second-order valence-electron chi connectivity index (χ2n) is 7.35. The molecule has 0 fully saturated rings. The molecule has 0 aliphatic carbocycles. The summed E-state index contributed by atoms with van der Waals surface area (Å²) in [6.07, 6.45) is 0. The fraction of sp³-hybridized carbons (Fsp3) is 0. The van der Waals surface area contributed by atoms with E-state index in [0.29, 0.717) is 16.1 Å². The molecule has 3 aromatic carbocycles. The Kier molecular flexibility index (Phi) is 4.84. The van der Waals surface area contributed by atoms with Gasteiger partial charge in [0.15, 0.2) is 0 Å². The van der Waals surface area contributed by atoms with Crippen molar-refractivity contribution in [3.63, 3.8) is 0 Å². The van der Waals surface area contributed by atoms with Crippen molar-refractivity contribution in [2.24, 2.45) is 0 Å². The van der Waals surface area contributed by atoms with Crippen LogP contribution in [0.1, 0.15) is 25.7 Å². The SMILES string of the molecule is O=C(O)c1ccc(-c2ccc(-c3c(C(=O)c4ccccc4)sc4cc(O)ccc34)cc2)[nH]1. The number of nitrogens with one attached hydrogen (secondary N) is 1. The Morgan fingerprint density at radius 2 is 1.53 bits per heavy atom. The molecule has 0 aliphatic rings. The van der Waals surface area contributed by atoms with Crippen LogP contribution in [0, 0.1) is 0 Å². The molecule has 0 atom stereocenters. The summed E-state index contributed by atoms with van der Waals surface area (Å²) in [6, 6.07) is 25.1. The number of aromatic hydroxyl groups is 1. The van der Waals surface area contributed by atoms with Gasteiger partial charge >= 0.3 is 5.97 Å². The number of phenolic OH excluding ortho intramolecular Hbond substituents is 1. The number of benzene rings is 3. The maximum absolute atomic E-state index is 13.3. The number of aromatic nitrogens is 1. The monoisotopic (exact) mass is 439 g/mol. The highest BCUT2D eigenvalue weighted by Gasteiger charge is 2.21. The van der Waals surface area contributed by atoms with Gasteiger partial charge in [-0.25, -0.2) is 4.79 Å². The maximum atomic E-state index is 13.3. The Morgan fingerprint density at radius 1 is 0.812 bits per heavy atom. The number of aromatic amines is 1. The standard InChI is InChI=1S/C26H17NO4S/c28-18-10-11-19-22(14-18)32-25(24(29)17-4-2-1-3-5-17)23(19)16-8-6-15(7-9-16)20-12-13-21(27-20)26(30)31/h1-14,27-28H,(H,30,31). The number of hydrogen-bond donors (Lipinski definition) is 3. The van der Waals surface area contributed by atoms with E-state index in [-0.39, 0.29) is 17.2 Å². The van der Waals surface area contributed by atoms with Gasteiger partial charge in [0, 0.05) is 26.9 Å². The van der Waals surface area contributed by atoms with Crippen molar-refractivity contribution < 1.29 is 19.8 Å². The zero-order valence-corrected chi connectivity index (χ0v) is 17.5. The molecule has 3 N–H and O–H groups in total. The number of rotatable bonds is 5. The second kappa shape index (κ2) is 7.83. The van der Waals surface area contributed by atoms with Gasteiger partial charge in [-0.1, -0.05) is 54.6 Å². The van der Waals surface area contributed by atoms with Gasteiger partial charge in [0.1, 0.15) is 11.4 Å². The van der Waals surface area contributed by atoms with Crippen LogP contribution in [0.2, 0.25) is 0 Å². The normalized spacial score (nSPS) is 11.0. The first kappa shape index (κ1) is 19.8. The number of ketones is 1. The molecule has 5 aromatic rings. The third-order valence-electron chi connectivity index (χ3n) is 5.32. The van der Waals surface area contributed by atoms with E-state index < -0.39 is 5.97 Å². The van der Waals surface area contributed by atoms with E-state index in [9.17, 15) is 14.7 Å². The minimum atomic E-state index is -1.01. The lowest BCUT2D eigenvalue weighted by atomic mass is 9.97. The largest absolute Gasteiger partial charge is 0.508 e. The summed E-state index contributed by atoms with van der Waals surface area (Å²) >= 11 is 1.36. The quantitative estimate of drug-likeness (QED) is 0.285. The minimum Gasteiger partial charge on any atom is -0.508 e. The molecule has 156 valence electrons. The van der Waals surface area contributed by atoms with Crippen molar-refractivity contribution in [1.29, 1.82) is 0 Å². The fourth-order valence-electron chi connectivity index (χ4n) is 3.76. The number of fused-ring (bicyclic) bond motifs is 1. The van der Waals surface area contributed by atoms with E-state index in [2.05, 4.69) is 4.98 Å². The average molecular weight is 439 g/mol. The van der Waals surface area contributed by atoms with E-state index in [4.69, 9.17) is 5.11 Å². The number of aromatic carboxylic acids is 1. The molecule has 5 nitrogen and oxygen atoms in total. The fourth-order valence-corrected chi connectivity index (χ4v) is 4.98. The van der Waals surface area contributed by atoms with E-state index >= 15 is 0 Å². The van der Waals surface area contributed by atoms with E-state index in [1.165, 1.54) is 17.4 Å². The zero-order chi connectivity index (χ0) is 22.2. The molecule has 2 heterocycles. The molecule has 32 heavy (non-hydrogen) atoms. The van der Waals surface area contributed by atoms with Gasteiger partial charge in [0.25, 0.3) is 0 Å². The Labute approximate surface area is 187 Å². The number of carboxylic acids is 1. The van der Waals surface area contributed by atoms with E-state index in [0.717, 1.165) is 26.8 Å². The molecule has 5 rings (SSSR count). The van der Waals surface area contributed by atoms with Crippen molar-refractivity contribution >= 4 is 33.2 Å². The Bertz CT molecular complexity index is 1460. The molecular weight excluding hydrogens is 422 g/mol. The lowest BCUT2D eigenvalue weighted by Gasteiger charge is -2.07. The van der Waals surface area contributed by atoms with Crippen LogP contribution in [0.15, 0.2) is 84.9 Å². The molecule has 0 saturated carbocycles. The molecule has 0 spiro atoms. The zero-order valence-electron chi connectivity index (χ0n) is 16.7. The summed E-state index contributed by atoms with van der Waals surface area (Å²) in [5.74, 6) is -0.925. The summed E-state index contributed by atoms with van der Waals surface area (Å²) in [5.41, 5.74) is 3.97. The lowest BCUT2D eigenvalue weighted by molar-refractivity contribution is 0.0691. The first-order chi connectivity index (χ1) is 15.5. The van der Waals surface area contributed by atoms with Gasteiger partial charge in [-0.2, -0.15) is 0 Å². The summed E-state index contributed by atoms with van der Waals surface area (Å²) in [4.78, 5) is 28.0. The summed E-state index contributed by atoms with van der Waals surface area (Å²) in [6.45, 7) is 0. The molecule has 6 heteroatoms. The average Bonchev–Trinajstić information content (AvgIpc) is 3.44. The van der Waals surface area contributed by atoms with Crippen LogP contribution in [-0.2, 0) is 0 Å². The van der Waals surface area contributed by atoms with Crippen LogP contribution in [0.4, 0.5) is 0 Å². The van der Waals surface area contributed by atoms with Gasteiger partial charge in [-0.3, -0.25) is 4.79 Å². The Morgan fingerprint density at radius 3 is 2.22 bits per heavy atom. The third-order valence-corrected chi connectivity index (χ3v) is 6.47. The van der Waals surface area contributed by atoms with Gasteiger partial charge in [0.2, 0.25) is 5.78 Å². The molecule has 0 radical (unpaired) electrons. The molecule has 0 bridgehead atoms. The summed E-state index contributed by atoms with van der Waals surface area (Å²) in [5, 5.41) is 20.0. The van der Waals surface area contributed by atoms with Gasteiger partial charge in [-0.05, 0) is 41.5 Å². The molecule has 0 saturated heterocycles. The van der Waals surface area contributed by atoms with Crippen molar-refractivity contribution in [3.8, 4) is 28.1 Å². The van der Waals surface area contributed by atoms with Crippen molar-refractivity contribution in [3.05, 3.63) is 101 Å². The maximum Gasteiger partial charge on any atom is 0.352 e. The molecule has 2 aromatic heterocycles. The number of thiophene rings is 1. The molecule has 0 aliphatic heterocycles. The topological polar surface area (TPSA) is 90.4 Å². The number of carbonyl (C=O) groups is 2.